The van der Waals surface area contributed by atoms with Gasteiger partial charge in [0.15, 0.2) is 0 Å². The molecule has 5 heteroatoms. The maximum absolute atomic E-state index is 11.6. The summed E-state index contributed by atoms with van der Waals surface area (Å²) in [4.78, 5) is 22.8. The predicted octanol–water partition coefficient (Wildman–Crippen LogP) is 5.10. The third kappa shape index (κ3) is 16.3. The molecule has 0 saturated heterocycles. The molecule has 0 aliphatic heterocycles. The number of nitrogens with one attached hydrogen (secondary N) is 1. The lowest BCUT2D eigenvalue weighted by Gasteiger charge is -2.22. The molecule has 0 rings (SSSR count). The Balaban J connectivity index is -0.00000102. The first-order chi connectivity index (χ1) is 11.2. The van der Waals surface area contributed by atoms with E-state index < -0.39 is 23.7 Å². The number of amides is 1. The quantitative estimate of drug-likeness (QED) is 0.659. The van der Waals surface area contributed by atoms with Crippen LogP contribution in [0.1, 0.15) is 61.8 Å². The van der Waals surface area contributed by atoms with Crippen LogP contribution in [-0.4, -0.2) is 28.8 Å². The Morgan fingerprint density at radius 2 is 1.71 bits per heavy atom. The molecule has 24 heavy (non-hydrogen) atoms. The zero-order valence-electron chi connectivity index (χ0n) is 16.5. The van der Waals surface area contributed by atoms with E-state index in [2.05, 4.69) is 11.9 Å². The van der Waals surface area contributed by atoms with E-state index in [-0.39, 0.29) is 6.42 Å². The summed E-state index contributed by atoms with van der Waals surface area (Å²) in [6.45, 7) is 18.5. The minimum absolute atomic E-state index is 0.158. The molecule has 0 saturated carbocycles. The second-order valence-corrected chi connectivity index (χ2v) is 5.22. The molecular formula is C19H35NO4. The van der Waals surface area contributed by atoms with E-state index in [1.807, 2.05) is 34.6 Å². The molecule has 5 nitrogen and oxygen atoms in total. The summed E-state index contributed by atoms with van der Waals surface area (Å²) in [6, 6.07) is -1.05. The maximum atomic E-state index is 11.6. The summed E-state index contributed by atoms with van der Waals surface area (Å²) in [5.41, 5.74) is 0.0851. The van der Waals surface area contributed by atoms with Gasteiger partial charge in [-0.15, -0.1) is 0 Å². The van der Waals surface area contributed by atoms with E-state index in [0.717, 1.165) is 5.57 Å². The fourth-order valence-electron chi connectivity index (χ4n) is 1.44. The van der Waals surface area contributed by atoms with Gasteiger partial charge in [-0.2, -0.15) is 0 Å². The minimum atomic E-state index is -1.12. The molecule has 1 atom stereocenters. The average Bonchev–Trinajstić information content (AvgIpc) is 2.49. The molecule has 2 N–H and O–H groups in total. The molecule has 0 spiro atoms. The van der Waals surface area contributed by atoms with Gasteiger partial charge in [0.1, 0.15) is 11.6 Å². The van der Waals surface area contributed by atoms with Gasteiger partial charge in [-0.05, 0) is 33.3 Å². The molecule has 0 aromatic carbocycles. The largest absolute Gasteiger partial charge is 0.480 e. The molecular weight excluding hydrogens is 306 g/mol. The fraction of sp³-hybridized carbons (Fsp3) is 0.579. The highest BCUT2D eigenvalue weighted by atomic mass is 16.6. The Labute approximate surface area is 147 Å². The molecule has 140 valence electrons. The van der Waals surface area contributed by atoms with Crippen molar-refractivity contribution in [1.29, 1.82) is 0 Å². The van der Waals surface area contributed by atoms with Gasteiger partial charge >= 0.3 is 12.1 Å². The molecule has 0 aliphatic carbocycles. The van der Waals surface area contributed by atoms with Crippen molar-refractivity contribution in [2.24, 2.45) is 0 Å². The van der Waals surface area contributed by atoms with Crippen LogP contribution in [0.15, 0.2) is 36.5 Å². The summed E-state index contributed by atoms with van der Waals surface area (Å²) in [5, 5.41) is 11.5. The summed E-state index contributed by atoms with van der Waals surface area (Å²) in [7, 11) is 0. The van der Waals surface area contributed by atoms with E-state index in [0.29, 0.717) is 0 Å². The Morgan fingerprint density at radius 3 is 2.04 bits per heavy atom. The van der Waals surface area contributed by atoms with Gasteiger partial charge in [0.05, 0.1) is 0 Å². The van der Waals surface area contributed by atoms with Gasteiger partial charge in [-0.3, -0.25) is 0 Å². The number of aliphatic carboxylic acids is 1. The van der Waals surface area contributed by atoms with Crippen LogP contribution in [0.2, 0.25) is 0 Å². The highest BCUT2D eigenvalue weighted by Gasteiger charge is 2.24. The van der Waals surface area contributed by atoms with Crippen LogP contribution in [0.3, 0.4) is 0 Å². The average molecular weight is 341 g/mol. The Kier molecular flexibility index (Phi) is 17.7. The summed E-state index contributed by atoms with van der Waals surface area (Å²) in [6.07, 6.45) is 6.25. The maximum Gasteiger partial charge on any atom is 0.408 e. The van der Waals surface area contributed by atoms with Gasteiger partial charge < -0.3 is 15.2 Å². The van der Waals surface area contributed by atoms with Crippen molar-refractivity contribution < 1.29 is 19.4 Å². The van der Waals surface area contributed by atoms with Crippen molar-refractivity contribution in [3.8, 4) is 0 Å². The lowest BCUT2D eigenvalue weighted by molar-refractivity contribution is -0.139. The van der Waals surface area contributed by atoms with Gasteiger partial charge in [0.2, 0.25) is 0 Å². The number of carboxylic acids is 1. The molecule has 0 fully saturated rings. The lowest BCUT2D eigenvalue weighted by Crippen LogP contribution is -2.43. The second kappa shape index (κ2) is 15.8. The number of ether oxygens (including phenoxy) is 1. The number of hydrogen-bond acceptors (Lipinski definition) is 3. The Morgan fingerprint density at radius 1 is 1.21 bits per heavy atom. The van der Waals surface area contributed by atoms with Crippen LogP contribution in [-0.2, 0) is 9.53 Å². The first-order valence-corrected chi connectivity index (χ1v) is 8.36. The van der Waals surface area contributed by atoms with Crippen molar-refractivity contribution in [3.05, 3.63) is 36.5 Å². The first kappa shape index (κ1) is 26.8. The van der Waals surface area contributed by atoms with E-state index in [9.17, 15) is 9.59 Å². The van der Waals surface area contributed by atoms with E-state index in [1.165, 1.54) is 0 Å². The molecule has 0 bridgehead atoms. The first-order valence-electron chi connectivity index (χ1n) is 8.36. The number of carbonyl (C=O) groups excluding carboxylic acids is 1. The number of carbonyl (C=O) groups is 2. The fourth-order valence-corrected chi connectivity index (χ4v) is 1.44. The van der Waals surface area contributed by atoms with Crippen molar-refractivity contribution >= 4 is 12.1 Å². The van der Waals surface area contributed by atoms with E-state index in [4.69, 9.17) is 9.84 Å². The number of allylic oxidation sites excluding steroid dienone is 4. The molecule has 0 radical (unpaired) electrons. The topological polar surface area (TPSA) is 75.6 Å². The molecule has 0 aromatic rings. The van der Waals surface area contributed by atoms with Crippen LogP contribution in [0, 0.1) is 0 Å². The Bertz CT molecular complexity index is 418. The number of rotatable bonds is 6. The monoisotopic (exact) mass is 341 g/mol. The third-order valence-corrected chi connectivity index (χ3v) is 2.14. The molecule has 0 aliphatic rings. The minimum Gasteiger partial charge on any atom is -0.480 e. The number of alkyl carbamates (subject to hydrolysis) is 1. The van der Waals surface area contributed by atoms with Crippen LogP contribution in [0.5, 0.6) is 0 Å². The number of carboxylic acid groups (broad SMARTS) is 1. The van der Waals surface area contributed by atoms with Crippen molar-refractivity contribution in [2.45, 2.75) is 73.5 Å². The van der Waals surface area contributed by atoms with Gasteiger partial charge in [-0.25, -0.2) is 9.59 Å². The summed E-state index contributed by atoms with van der Waals surface area (Å²) >= 11 is 0. The van der Waals surface area contributed by atoms with Crippen molar-refractivity contribution in [3.63, 3.8) is 0 Å². The second-order valence-electron chi connectivity index (χ2n) is 5.22. The predicted molar refractivity (Wildman–Crippen MR) is 101 cm³/mol. The molecule has 1 amide bonds. The third-order valence-electron chi connectivity index (χ3n) is 2.14. The highest BCUT2D eigenvalue weighted by Crippen LogP contribution is 2.11. The van der Waals surface area contributed by atoms with E-state index in [1.54, 1.807) is 45.1 Å². The summed E-state index contributed by atoms with van der Waals surface area (Å²) in [5.74, 6) is -1.12. The van der Waals surface area contributed by atoms with Crippen LogP contribution >= 0.6 is 0 Å². The zero-order valence-corrected chi connectivity index (χ0v) is 16.5. The van der Waals surface area contributed by atoms with Gasteiger partial charge in [0.25, 0.3) is 0 Å². The number of hydrogen-bond donors (Lipinski definition) is 2. The van der Waals surface area contributed by atoms with Crippen LogP contribution < -0.4 is 5.32 Å². The standard InChI is InChI=1S/C15H23NO4.2C2H6/c1-6-8-11(9-7-2)10-12(13(17)18)16-14(19)20-15(3,4)5;2*1-2/h6-9,12H,1,10H2,2-5H3,(H,16,19)(H,17,18);2*1-2H3/b9-7-,11-8+;;. The Hall–Kier alpha value is -2.04. The van der Waals surface area contributed by atoms with Gasteiger partial charge in [0, 0.05) is 6.42 Å². The molecule has 0 heterocycles. The SMILES string of the molecule is C=C/C=C(\C=C/C)CC(NC(=O)OC(C)(C)C)C(=O)O.CC.CC. The summed E-state index contributed by atoms with van der Waals surface area (Å²) < 4.78 is 5.05. The highest BCUT2D eigenvalue weighted by molar-refractivity contribution is 5.80. The molecule has 1 unspecified atom stereocenters. The van der Waals surface area contributed by atoms with Crippen LogP contribution in [0.4, 0.5) is 4.79 Å². The smallest absolute Gasteiger partial charge is 0.408 e. The van der Waals surface area contributed by atoms with Crippen LogP contribution in [0.25, 0.3) is 0 Å². The zero-order chi connectivity index (χ0) is 19.8. The van der Waals surface area contributed by atoms with Crippen molar-refractivity contribution in [1.82, 2.24) is 5.32 Å². The van der Waals surface area contributed by atoms with E-state index >= 15 is 0 Å². The molecule has 0 aromatic heterocycles. The van der Waals surface area contributed by atoms with Crippen molar-refractivity contribution in [2.75, 3.05) is 0 Å². The normalized spacial score (nSPS) is 12.1. The lowest BCUT2D eigenvalue weighted by atomic mass is 10.1. The van der Waals surface area contributed by atoms with Gasteiger partial charge in [-0.1, -0.05) is 58.6 Å².